The van der Waals surface area contributed by atoms with Gasteiger partial charge >= 0.3 is 0 Å². The lowest BCUT2D eigenvalue weighted by atomic mass is 9.92. The number of nitrogens with zero attached hydrogens (tertiary/aromatic N) is 2. The molecule has 1 unspecified atom stereocenters. The van der Waals surface area contributed by atoms with Gasteiger partial charge in [0.2, 0.25) is 5.91 Å². The van der Waals surface area contributed by atoms with Crippen LogP contribution in [-0.4, -0.2) is 22.2 Å². The molecule has 0 radical (unpaired) electrons. The largest absolute Gasteiger partial charge is 0.330 e. The Morgan fingerprint density at radius 1 is 1.33 bits per heavy atom. The molecule has 3 N–H and O–H groups in total. The molecule has 0 aliphatic carbocycles. The Labute approximate surface area is 150 Å². The van der Waals surface area contributed by atoms with Gasteiger partial charge in [0.25, 0.3) is 0 Å². The molecule has 0 saturated carbocycles. The van der Waals surface area contributed by atoms with Gasteiger partial charge in [0, 0.05) is 23.9 Å². The Balaban J connectivity index is 0.00000288. The van der Waals surface area contributed by atoms with Gasteiger partial charge in [-0.3, -0.25) is 4.79 Å². The van der Waals surface area contributed by atoms with E-state index in [1.165, 1.54) is 0 Å². The van der Waals surface area contributed by atoms with Gasteiger partial charge in [0.05, 0.1) is 11.4 Å². The number of anilines is 1. The first kappa shape index (κ1) is 20.2. The van der Waals surface area contributed by atoms with Crippen LogP contribution in [0.3, 0.4) is 0 Å². The summed E-state index contributed by atoms with van der Waals surface area (Å²) in [6, 6.07) is 9.98. The van der Waals surface area contributed by atoms with Crippen LogP contribution >= 0.6 is 12.4 Å². The van der Waals surface area contributed by atoms with Gasteiger partial charge in [-0.25, -0.2) is 4.68 Å². The maximum Gasteiger partial charge on any atom is 0.229 e. The smallest absolute Gasteiger partial charge is 0.229 e. The Morgan fingerprint density at radius 2 is 2.00 bits per heavy atom. The Hall–Kier alpha value is -1.85. The number of amides is 1. The van der Waals surface area contributed by atoms with Gasteiger partial charge in [0.15, 0.2) is 0 Å². The lowest BCUT2D eigenvalue weighted by molar-refractivity contribution is -0.119. The molecule has 2 aromatic rings. The van der Waals surface area contributed by atoms with E-state index >= 15 is 0 Å². The molecule has 1 amide bonds. The molecule has 1 heterocycles. The number of aromatic nitrogens is 2. The third-order valence-corrected chi connectivity index (χ3v) is 3.78. The van der Waals surface area contributed by atoms with Crippen LogP contribution in [0, 0.1) is 12.8 Å². The average molecular weight is 351 g/mol. The molecule has 132 valence electrons. The lowest BCUT2D eigenvalue weighted by Crippen LogP contribution is -2.27. The topological polar surface area (TPSA) is 72.9 Å². The van der Waals surface area contributed by atoms with Crippen LogP contribution in [0.5, 0.6) is 0 Å². The van der Waals surface area contributed by atoms with Crippen molar-refractivity contribution in [2.24, 2.45) is 11.7 Å². The normalized spacial score (nSPS) is 12.4. The monoisotopic (exact) mass is 350 g/mol. The van der Waals surface area contributed by atoms with Crippen LogP contribution < -0.4 is 11.1 Å². The van der Waals surface area contributed by atoms with E-state index in [2.05, 4.69) is 26.1 Å². The van der Waals surface area contributed by atoms with Crippen LogP contribution in [-0.2, 0) is 10.2 Å². The number of carbonyl (C=O) groups is 1. The van der Waals surface area contributed by atoms with Crippen molar-refractivity contribution in [1.29, 1.82) is 0 Å². The third-order valence-electron chi connectivity index (χ3n) is 3.78. The van der Waals surface area contributed by atoms with E-state index in [4.69, 9.17) is 10.8 Å². The van der Waals surface area contributed by atoms with Gasteiger partial charge in [-0.05, 0) is 24.6 Å². The van der Waals surface area contributed by atoms with E-state index in [9.17, 15) is 4.79 Å². The second-order valence-corrected chi connectivity index (χ2v) is 7.04. The van der Waals surface area contributed by atoms with E-state index in [0.29, 0.717) is 12.4 Å². The van der Waals surface area contributed by atoms with Gasteiger partial charge < -0.3 is 11.1 Å². The molecule has 0 aliphatic rings. The summed E-state index contributed by atoms with van der Waals surface area (Å²) in [6.07, 6.45) is 0. The number of hydrogen-bond donors (Lipinski definition) is 2. The Morgan fingerprint density at radius 3 is 2.54 bits per heavy atom. The number of carbonyl (C=O) groups excluding carboxylic acids is 1. The van der Waals surface area contributed by atoms with Crippen LogP contribution in [0.25, 0.3) is 5.69 Å². The fourth-order valence-corrected chi connectivity index (χ4v) is 2.15. The first-order chi connectivity index (χ1) is 10.7. The summed E-state index contributed by atoms with van der Waals surface area (Å²) in [6.45, 7) is 10.5. The molecular formula is C18H27ClN4O. The van der Waals surface area contributed by atoms with E-state index in [1.807, 2.05) is 44.2 Å². The van der Waals surface area contributed by atoms with Crippen molar-refractivity contribution in [1.82, 2.24) is 9.78 Å². The number of aryl methyl sites for hydroxylation is 1. The third kappa shape index (κ3) is 4.58. The molecule has 24 heavy (non-hydrogen) atoms. The van der Waals surface area contributed by atoms with Gasteiger partial charge in [-0.2, -0.15) is 5.10 Å². The van der Waals surface area contributed by atoms with Crippen LogP contribution in [0.2, 0.25) is 0 Å². The summed E-state index contributed by atoms with van der Waals surface area (Å²) in [5.41, 5.74) is 8.48. The second kappa shape index (κ2) is 7.81. The minimum absolute atomic E-state index is 0. The maximum absolute atomic E-state index is 12.2. The molecule has 1 aromatic carbocycles. The SMILES string of the molecule is Cc1cccc(-n2nc(C(C)(C)C)cc2NC(=O)C(C)CN)c1.Cl. The summed E-state index contributed by atoms with van der Waals surface area (Å²) >= 11 is 0. The first-order valence-electron chi connectivity index (χ1n) is 7.91. The van der Waals surface area contributed by atoms with Crippen molar-refractivity contribution in [3.63, 3.8) is 0 Å². The predicted octanol–water partition coefficient (Wildman–Crippen LogP) is 3.43. The van der Waals surface area contributed by atoms with E-state index in [0.717, 1.165) is 16.9 Å². The molecule has 5 nitrogen and oxygen atoms in total. The highest BCUT2D eigenvalue weighted by Crippen LogP contribution is 2.26. The first-order valence-corrected chi connectivity index (χ1v) is 7.91. The zero-order chi connectivity index (χ0) is 17.2. The van der Waals surface area contributed by atoms with Crippen molar-refractivity contribution in [3.05, 3.63) is 41.6 Å². The molecule has 0 aliphatic heterocycles. The van der Waals surface area contributed by atoms with Crippen molar-refractivity contribution >= 4 is 24.1 Å². The fraction of sp³-hybridized carbons (Fsp3) is 0.444. The second-order valence-electron chi connectivity index (χ2n) is 7.04. The Bertz CT molecular complexity index is 703. The molecule has 1 atom stereocenters. The maximum atomic E-state index is 12.2. The van der Waals surface area contributed by atoms with Crippen molar-refractivity contribution < 1.29 is 4.79 Å². The highest BCUT2D eigenvalue weighted by molar-refractivity contribution is 5.92. The van der Waals surface area contributed by atoms with Gasteiger partial charge in [0.1, 0.15) is 5.82 Å². The number of nitrogens with two attached hydrogens (primary N) is 1. The summed E-state index contributed by atoms with van der Waals surface area (Å²) in [4.78, 5) is 12.2. The average Bonchev–Trinajstić information content (AvgIpc) is 2.90. The zero-order valence-electron chi connectivity index (χ0n) is 15.0. The molecule has 0 saturated heterocycles. The number of rotatable bonds is 4. The van der Waals surface area contributed by atoms with Crippen LogP contribution in [0.1, 0.15) is 39.0 Å². The Kier molecular flexibility index (Phi) is 6.58. The van der Waals surface area contributed by atoms with Crippen LogP contribution in [0.15, 0.2) is 30.3 Å². The van der Waals surface area contributed by atoms with Crippen molar-refractivity contribution in [2.75, 3.05) is 11.9 Å². The van der Waals surface area contributed by atoms with Crippen LogP contribution in [0.4, 0.5) is 5.82 Å². The zero-order valence-corrected chi connectivity index (χ0v) is 15.8. The summed E-state index contributed by atoms with van der Waals surface area (Å²) in [5.74, 6) is 0.335. The molecule has 0 spiro atoms. The van der Waals surface area contributed by atoms with E-state index < -0.39 is 0 Å². The molecule has 0 bridgehead atoms. The van der Waals surface area contributed by atoms with E-state index in [-0.39, 0.29) is 29.6 Å². The quantitative estimate of drug-likeness (QED) is 0.887. The number of hydrogen-bond acceptors (Lipinski definition) is 3. The summed E-state index contributed by atoms with van der Waals surface area (Å²) in [5, 5.41) is 7.65. The van der Waals surface area contributed by atoms with Crippen molar-refractivity contribution in [2.45, 2.75) is 40.0 Å². The molecule has 6 heteroatoms. The summed E-state index contributed by atoms with van der Waals surface area (Å²) in [7, 11) is 0. The minimum atomic E-state index is -0.242. The highest BCUT2D eigenvalue weighted by Gasteiger charge is 2.22. The number of benzene rings is 1. The fourth-order valence-electron chi connectivity index (χ4n) is 2.15. The number of halogens is 1. The molecule has 2 rings (SSSR count). The number of nitrogens with one attached hydrogen (secondary N) is 1. The predicted molar refractivity (Wildman–Crippen MR) is 101 cm³/mol. The van der Waals surface area contributed by atoms with Gasteiger partial charge in [-0.15, -0.1) is 12.4 Å². The lowest BCUT2D eigenvalue weighted by Gasteiger charge is -2.14. The minimum Gasteiger partial charge on any atom is -0.330 e. The van der Waals surface area contributed by atoms with Crippen molar-refractivity contribution in [3.8, 4) is 5.69 Å². The molecule has 1 aromatic heterocycles. The van der Waals surface area contributed by atoms with E-state index in [1.54, 1.807) is 4.68 Å². The molecule has 0 fully saturated rings. The van der Waals surface area contributed by atoms with Gasteiger partial charge in [-0.1, -0.05) is 39.8 Å². The standard InChI is InChI=1S/C18H26N4O.ClH/c1-12-7-6-8-14(9-12)22-16(20-17(23)13(2)11-19)10-15(21-22)18(3,4)5;/h6-10,13H,11,19H2,1-5H3,(H,20,23);1H. The molecular weight excluding hydrogens is 324 g/mol. The highest BCUT2D eigenvalue weighted by atomic mass is 35.5. The summed E-state index contributed by atoms with van der Waals surface area (Å²) < 4.78 is 1.79.